The Balaban J connectivity index is 1.24. The summed E-state index contributed by atoms with van der Waals surface area (Å²) in [6.45, 7) is 3.65. The second kappa shape index (κ2) is 10.5. The Morgan fingerprint density at radius 1 is 1.00 bits per heavy atom. The van der Waals surface area contributed by atoms with Gasteiger partial charge in [-0.2, -0.15) is 0 Å². The lowest BCUT2D eigenvalue weighted by atomic mass is 10.00. The van der Waals surface area contributed by atoms with Crippen LogP contribution in [0.25, 0.3) is 22.0 Å². The summed E-state index contributed by atoms with van der Waals surface area (Å²) in [4.78, 5) is 24.8. The van der Waals surface area contributed by atoms with E-state index in [1.54, 1.807) is 0 Å². The molecule has 2 heterocycles. The summed E-state index contributed by atoms with van der Waals surface area (Å²) in [6.07, 6.45) is 2.53. The molecule has 6 nitrogen and oxygen atoms in total. The number of nitrogens with two attached hydrogens (primary N) is 1. The number of piperazine rings is 1. The third kappa shape index (κ3) is 5.22. The number of carbonyl (C=O) groups excluding carboxylic acids is 1. The van der Waals surface area contributed by atoms with Crippen LogP contribution in [0.1, 0.15) is 11.1 Å². The first-order valence-corrected chi connectivity index (χ1v) is 11.8. The molecule has 0 radical (unpaired) electrons. The van der Waals surface area contributed by atoms with E-state index in [0.29, 0.717) is 25.5 Å². The molecule has 0 bridgehead atoms. The van der Waals surface area contributed by atoms with Crippen LogP contribution in [0.2, 0.25) is 0 Å². The van der Waals surface area contributed by atoms with Crippen LogP contribution in [0.5, 0.6) is 0 Å². The van der Waals surface area contributed by atoms with Crippen LogP contribution >= 0.6 is 0 Å². The van der Waals surface area contributed by atoms with Gasteiger partial charge in [0.2, 0.25) is 0 Å². The lowest BCUT2D eigenvalue weighted by Gasteiger charge is -2.38. The van der Waals surface area contributed by atoms with Gasteiger partial charge in [0.05, 0.1) is 18.1 Å². The largest absolute Gasteiger partial charge is 0.383 e. The third-order valence-corrected chi connectivity index (χ3v) is 6.43. The Bertz CT molecular complexity index is 1390. The quantitative estimate of drug-likeness (QED) is 0.362. The number of nitrogens with zero attached hydrogens (tertiary/aromatic N) is 4. The van der Waals surface area contributed by atoms with E-state index in [4.69, 9.17) is 5.73 Å². The van der Waals surface area contributed by atoms with Gasteiger partial charge in [0.15, 0.2) is 0 Å². The Hall–Kier alpha value is -4.05. The minimum atomic E-state index is -0.173. The van der Waals surface area contributed by atoms with Gasteiger partial charge >= 0.3 is 0 Å². The third-order valence-electron chi connectivity index (χ3n) is 6.43. The number of rotatable bonds is 5. The number of carbonyl (C=O) groups is 1. The second-order valence-electron chi connectivity index (χ2n) is 8.73. The van der Waals surface area contributed by atoms with Crippen molar-refractivity contribution in [3.63, 3.8) is 0 Å². The van der Waals surface area contributed by atoms with Crippen LogP contribution in [-0.4, -0.2) is 58.3 Å². The van der Waals surface area contributed by atoms with Gasteiger partial charge < -0.3 is 10.5 Å². The highest BCUT2D eigenvalue weighted by molar-refractivity contribution is 5.88. The summed E-state index contributed by atoms with van der Waals surface area (Å²) in [6, 6.07) is 24.4. The maximum Gasteiger partial charge on any atom is 0.138 e. The molecule has 1 atom stereocenters. The SMILES string of the molecule is Nc1ncnc2cc(CN3CCN(CC#Cc4ccccc4-c4ccccc4)CC3C=O)ccc12. The van der Waals surface area contributed by atoms with Crippen molar-refractivity contribution in [1.82, 2.24) is 19.8 Å². The maximum atomic E-state index is 11.9. The van der Waals surface area contributed by atoms with Crippen LogP contribution in [0, 0.1) is 11.8 Å². The molecule has 1 aromatic heterocycles. The van der Waals surface area contributed by atoms with Gasteiger partial charge in [-0.3, -0.25) is 9.80 Å². The van der Waals surface area contributed by atoms with E-state index in [1.807, 2.05) is 48.5 Å². The normalized spacial score (nSPS) is 16.5. The monoisotopic (exact) mass is 461 g/mol. The smallest absolute Gasteiger partial charge is 0.138 e. The van der Waals surface area contributed by atoms with Crippen LogP contribution in [0.3, 0.4) is 0 Å². The topological polar surface area (TPSA) is 75.3 Å². The first kappa shape index (κ1) is 22.7. The summed E-state index contributed by atoms with van der Waals surface area (Å²) >= 11 is 0. The number of nitrogen functional groups attached to an aromatic ring is 1. The molecule has 0 aliphatic carbocycles. The molecule has 3 aromatic carbocycles. The molecule has 0 spiro atoms. The minimum Gasteiger partial charge on any atom is -0.383 e. The van der Waals surface area contributed by atoms with Crippen molar-refractivity contribution in [3.8, 4) is 23.0 Å². The molecule has 4 aromatic rings. The average Bonchev–Trinajstić information content (AvgIpc) is 2.90. The van der Waals surface area contributed by atoms with Gasteiger partial charge in [0.25, 0.3) is 0 Å². The Labute approximate surface area is 205 Å². The van der Waals surface area contributed by atoms with Gasteiger partial charge in [-0.1, -0.05) is 66.4 Å². The van der Waals surface area contributed by atoms with E-state index in [2.05, 4.69) is 55.9 Å². The highest BCUT2D eigenvalue weighted by Gasteiger charge is 2.26. The Kier molecular flexibility index (Phi) is 6.80. The van der Waals surface area contributed by atoms with Gasteiger partial charge in [-0.15, -0.1) is 0 Å². The van der Waals surface area contributed by atoms with Crippen molar-refractivity contribution >= 4 is 23.0 Å². The summed E-state index contributed by atoms with van der Waals surface area (Å²) in [7, 11) is 0. The molecule has 1 unspecified atom stereocenters. The number of aromatic nitrogens is 2. The molecular formula is C29H27N5O. The Morgan fingerprint density at radius 2 is 1.83 bits per heavy atom. The fraction of sp³-hybridized carbons (Fsp3) is 0.207. The van der Waals surface area contributed by atoms with Crippen LogP contribution in [0.15, 0.2) is 79.1 Å². The van der Waals surface area contributed by atoms with Crippen LogP contribution in [-0.2, 0) is 11.3 Å². The van der Waals surface area contributed by atoms with Gasteiger partial charge in [0, 0.05) is 37.1 Å². The van der Waals surface area contributed by atoms with Crippen molar-refractivity contribution in [2.75, 3.05) is 31.9 Å². The number of anilines is 1. The second-order valence-corrected chi connectivity index (χ2v) is 8.73. The van der Waals surface area contributed by atoms with Gasteiger partial charge in [0.1, 0.15) is 18.4 Å². The molecular weight excluding hydrogens is 434 g/mol. The molecule has 1 aliphatic heterocycles. The van der Waals surface area contributed by atoms with Crippen molar-refractivity contribution in [1.29, 1.82) is 0 Å². The average molecular weight is 462 g/mol. The lowest BCUT2D eigenvalue weighted by Crippen LogP contribution is -2.53. The molecule has 1 fully saturated rings. The lowest BCUT2D eigenvalue weighted by molar-refractivity contribution is -0.114. The zero-order valence-corrected chi connectivity index (χ0v) is 19.5. The first-order chi connectivity index (χ1) is 17.2. The maximum absolute atomic E-state index is 11.9. The predicted molar refractivity (Wildman–Crippen MR) is 139 cm³/mol. The molecule has 1 aliphatic rings. The van der Waals surface area contributed by atoms with Crippen molar-refractivity contribution in [2.45, 2.75) is 12.6 Å². The zero-order chi connectivity index (χ0) is 24.0. The van der Waals surface area contributed by atoms with E-state index in [9.17, 15) is 4.79 Å². The number of benzene rings is 3. The minimum absolute atomic E-state index is 0.173. The van der Waals surface area contributed by atoms with Gasteiger partial charge in [-0.05, 0) is 34.9 Å². The van der Waals surface area contributed by atoms with Crippen LogP contribution < -0.4 is 5.73 Å². The molecule has 0 saturated carbocycles. The Morgan fingerprint density at radius 3 is 2.69 bits per heavy atom. The van der Waals surface area contributed by atoms with Crippen molar-refractivity contribution in [2.24, 2.45) is 0 Å². The molecule has 35 heavy (non-hydrogen) atoms. The van der Waals surface area contributed by atoms with E-state index < -0.39 is 0 Å². The number of hydrogen-bond acceptors (Lipinski definition) is 6. The molecule has 5 rings (SSSR count). The zero-order valence-electron chi connectivity index (χ0n) is 19.5. The fourth-order valence-electron chi connectivity index (χ4n) is 4.54. The van der Waals surface area contributed by atoms with E-state index in [1.165, 1.54) is 6.33 Å². The van der Waals surface area contributed by atoms with Crippen LogP contribution in [0.4, 0.5) is 5.82 Å². The highest BCUT2D eigenvalue weighted by atomic mass is 16.1. The number of aldehydes is 1. The summed E-state index contributed by atoms with van der Waals surface area (Å²) in [5, 5.41) is 0.848. The molecule has 1 saturated heterocycles. The van der Waals surface area contributed by atoms with E-state index in [0.717, 1.165) is 52.5 Å². The first-order valence-electron chi connectivity index (χ1n) is 11.8. The van der Waals surface area contributed by atoms with Gasteiger partial charge in [-0.25, -0.2) is 9.97 Å². The number of hydrogen-bond donors (Lipinski definition) is 1. The summed E-state index contributed by atoms with van der Waals surface area (Å²) in [5.41, 5.74) is 11.2. The standard InChI is InChI=1S/C29H27N5O/c30-29-27-13-12-22(17-28(27)31-21-32-29)18-34-16-15-33(19-25(34)20-35)14-6-10-24-9-4-5-11-26(24)23-7-2-1-3-8-23/h1-5,7-9,11-13,17,20-21,25H,14-16,18-19H2,(H2,30,31,32). The highest BCUT2D eigenvalue weighted by Crippen LogP contribution is 2.23. The summed E-state index contributed by atoms with van der Waals surface area (Å²) in [5.74, 6) is 7.16. The van der Waals surface area contributed by atoms with Crippen molar-refractivity contribution in [3.05, 3.63) is 90.3 Å². The summed E-state index contributed by atoms with van der Waals surface area (Å²) < 4.78 is 0. The van der Waals surface area contributed by atoms with Crippen molar-refractivity contribution < 1.29 is 4.79 Å². The fourth-order valence-corrected chi connectivity index (χ4v) is 4.54. The van der Waals surface area contributed by atoms with E-state index in [-0.39, 0.29) is 6.04 Å². The molecule has 2 N–H and O–H groups in total. The predicted octanol–water partition coefficient (Wildman–Crippen LogP) is 3.62. The number of fused-ring (bicyclic) bond motifs is 1. The molecule has 6 heteroatoms. The molecule has 174 valence electrons. The molecule has 0 amide bonds. The van der Waals surface area contributed by atoms with E-state index >= 15 is 0 Å².